The Labute approximate surface area is 191 Å². The number of fused-ring (bicyclic) bond motifs is 1. The molecule has 0 saturated carbocycles. The number of sulfonamides is 1. The summed E-state index contributed by atoms with van der Waals surface area (Å²) < 4.78 is 36.0. The van der Waals surface area contributed by atoms with Crippen LogP contribution < -0.4 is 21.3 Å². The number of nitrogens with one attached hydrogen (secondary N) is 1. The molecular formula is C21H27N5O6S. The van der Waals surface area contributed by atoms with Gasteiger partial charge in [-0.05, 0) is 30.9 Å². The number of hydrogen-bond acceptors (Lipinski definition) is 8. The van der Waals surface area contributed by atoms with Crippen molar-refractivity contribution < 1.29 is 23.1 Å². The predicted molar refractivity (Wildman–Crippen MR) is 122 cm³/mol. The number of nitrogens with zero attached hydrogens (tertiary/aromatic N) is 3. The first kappa shape index (κ1) is 24.2. The van der Waals surface area contributed by atoms with Crippen molar-refractivity contribution in [1.29, 1.82) is 0 Å². The van der Waals surface area contributed by atoms with Gasteiger partial charge in [-0.1, -0.05) is 27.2 Å². The normalized spacial score (nSPS) is 14.4. The third-order valence-corrected chi connectivity index (χ3v) is 6.23. The SMILES string of the molecule is CCCc1nn(CCC(C)C)c(=O)c(C2=NS(=O)(=O)c3cc(OCC(N)=O)ccc3N2)c1O. The molecule has 12 heteroatoms. The number of anilines is 1. The fourth-order valence-corrected chi connectivity index (χ4v) is 4.39. The number of aryl methyl sites for hydroxylation is 2. The zero-order chi connectivity index (χ0) is 24.3. The van der Waals surface area contributed by atoms with Crippen molar-refractivity contribution in [2.24, 2.45) is 16.0 Å². The highest BCUT2D eigenvalue weighted by Crippen LogP contribution is 2.33. The Morgan fingerprint density at radius 2 is 2.06 bits per heavy atom. The van der Waals surface area contributed by atoms with Gasteiger partial charge in [0.1, 0.15) is 21.9 Å². The highest BCUT2D eigenvalue weighted by atomic mass is 32.2. The molecule has 1 aromatic heterocycles. The molecule has 0 saturated heterocycles. The van der Waals surface area contributed by atoms with E-state index in [-0.39, 0.29) is 27.7 Å². The molecule has 4 N–H and O–H groups in total. The molecule has 1 aliphatic rings. The van der Waals surface area contributed by atoms with E-state index in [1.165, 1.54) is 22.9 Å². The molecule has 0 radical (unpaired) electrons. The molecule has 0 spiro atoms. The number of aromatic hydroxyl groups is 1. The maximum Gasteiger partial charge on any atom is 0.286 e. The van der Waals surface area contributed by atoms with Gasteiger partial charge in [0.25, 0.3) is 21.5 Å². The van der Waals surface area contributed by atoms with Gasteiger partial charge in [-0.25, -0.2) is 4.68 Å². The van der Waals surface area contributed by atoms with Gasteiger partial charge >= 0.3 is 0 Å². The monoisotopic (exact) mass is 477 g/mol. The number of hydrogen-bond donors (Lipinski definition) is 3. The van der Waals surface area contributed by atoms with Gasteiger partial charge in [0.15, 0.2) is 18.2 Å². The van der Waals surface area contributed by atoms with Crippen LogP contribution in [0.15, 0.2) is 32.3 Å². The summed E-state index contributed by atoms with van der Waals surface area (Å²) >= 11 is 0. The van der Waals surface area contributed by atoms with Gasteiger partial charge in [-0.3, -0.25) is 9.59 Å². The quantitative estimate of drug-likeness (QED) is 0.487. The first-order valence-corrected chi connectivity index (χ1v) is 12.0. The lowest BCUT2D eigenvalue weighted by molar-refractivity contribution is -0.119. The van der Waals surface area contributed by atoms with Crippen molar-refractivity contribution in [2.75, 3.05) is 11.9 Å². The van der Waals surface area contributed by atoms with Crippen LogP contribution in [0.25, 0.3) is 0 Å². The number of carbonyl (C=O) groups is 1. The van der Waals surface area contributed by atoms with Gasteiger partial charge < -0.3 is 20.9 Å². The highest BCUT2D eigenvalue weighted by molar-refractivity contribution is 7.90. The zero-order valence-electron chi connectivity index (χ0n) is 18.7. The number of carbonyl (C=O) groups excluding carboxylic acids is 1. The number of primary amides is 1. The van der Waals surface area contributed by atoms with E-state index in [1.807, 2.05) is 20.8 Å². The average molecular weight is 478 g/mol. The number of nitrogens with two attached hydrogens (primary N) is 1. The standard InChI is InChI=1S/C21H27N5O6S/c1-4-5-15-19(28)18(21(29)26(24-15)9-8-12(2)3)20-23-14-7-6-13(32-11-17(22)27)10-16(14)33(30,31)25-20/h6-7,10,12,28H,4-5,8-9,11H2,1-3H3,(H2,22,27)(H,23,25). The number of amidine groups is 1. The molecule has 1 amide bonds. The third-order valence-electron chi connectivity index (χ3n) is 4.92. The van der Waals surface area contributed by atoms with Crippen LogP contribution in [0.1, 0.15) is 44.9 Å². The summed E-state index contributed by atoms with van der Waals surface area (Å²) in [6.45, 7) is 5.83. The van der Waals surface area contributed by atoms with Gasteiger partial charge in [0, 0.05) is 12.6 Å². The summed E-state index contributed by atoms with van der Waals surface area (Å²) in [6, 6.07) is 4.07. The van der Waals surface area contributed by atoms with Crippen LogP contribution in [0.4, 0.5) is 5.69 Å². The van der Waals surface area contributed by atoms with E-state index in [4.69, 9.17) is 10.5 Å². The molecule has 3 rings (SSSR count). The number of benzene rings is 1. The summed E-state index contributed by atoms with van der Waals surface area (Å²) in [6.07, 6.45) is 1.74. The zero-order valence-corrected chi connectivity index (χ0v) is 19.5. The molecule has 33 heavy (non-hydrogen) atoms. The van der Waals surface area contributed by atoms with E-state index in [0.29, 0.717) is 37.4 Å². The second kappa shape index (κ2) is 9.61. The van der Waals surface area contributed by atoms with Crippen molar-refractivity contribution in [3.05, 3.63) is 39.8 Å². The minimum atomic E-state index is -4.25. The fraction of sp³-hybridized carbons (Fsp3) is 0.429. The van der Waals surface area contributed by atoms with Crippen molar-refractivity contribution in [3.8, 4) is 11.5 Å². The van der Waals surface area contributed by atoms with Crippen LogP contribution in [-0.4, -0.2) is 41.7 Å². The second-order valence-corrected chi connectivity index (χ2v) is 9.66. The summed E-state index contributed by atoms with van der Waals surface area (Å²) in [4.78, 5) is 23.9. The summed E-state index contributed by atoms with van der Waals surface area (Å²) in [5.74, 6) is -0.958. The molecule has 178 valence electrons. The molecule has 0 fully saturated rings. The van der Waals surface area contributed by atoms with E-state index in [2.05, 4.69) is 14.8 Å². The second-order valence-electron chi connectivity index (χ2n) is 8.08. The lowest BCUT2D eigenvalue weighted by atomic mass is 10.1. The first-order valence-electron chi connectivity index (χ1n) is 10.5. The van der Waals surface area contributed by atoms with E-state index in [9.17, 15) is 23.1 Å². The Hall–Kier alpha value is -3.41. The fourth-order valence-electron chi connectivity index (χ4n) is 3.26. The van der Waals surface area contributed by atoms with Gasteiger partial charge in [0.05, 0.1) is 5.69 Å². The van der Waals surface area contributed by atoms with Crippen LogP contribution in [0.3, 0.4) is 0 Å². The van der Waals surface area contributed by atoms with Crippen molar-refractivity contribution in [1.82, 2.24) is 9.78 Å². The van der Waals surface area contributed by atoms with Crippen LogP contribution in [0.5, 0.6) is 11.5 Å². The van der Waals surface area contributed by atoms with E-state index in [1.54, 1.807) is 0 Å². The van der Waals surface area contributed by atoms with Crippen LogP contribution >= 0.6 is 0 Å². The Morgan fingerprint density at radius 3 is 2.70 bits per heavy atom. The molecule has 0 bridgehead atoms. The van der Waals surface area contributed by atoms with Gasteiger partial charge in [-0.15, -0.1) is 4.40 Å². The maximum atomic E-state index is 13.1. The summed E-state index contributed by atoms with van der Waals surface area (Å²) in [5.41, 5.74) is 4.60. The molecule has 2 aromatic rings. The van der Waals surface area contributed by atoms with E-state index in [0.717, 1.165) is 0 Å². The number of rotatable bonds is 9. The van der Waals surface area contributed by atoms with Crippen molar-refractivity contribution >= 4 is 27.5 Å². The molecule has 0 atom stereocenters. The molecule has 1 aromatic carbocycles. The molecular weight excluding hydrogens is 450 g/mol. The number of amides is 1. The Morgan fingerprint density at radius 1 is 1.33 bits per heavy atom. The molecule has 2 heterocycles. The predicted octanol–water partition coefficient (Wildman–Crippen LogP) is 1.37. The third kappa shape index (κ3) is 5.33. The summed E-state index contributed by atoms with van der Waals surface area (Å²) in [5, 5.41) is 17.9. The lowest BCUT2D eigenvalue weighted by Crippen LogP contribution is -2.34. The van der Waals surface area contributed by atoms with Gasteiger partial charge in [-0.2, -0.15) is 13.5 Å². The van der Waals surface area contributed by atoms with E-state index >= 15 is 0 Å². The first-order chi connectivity index (χ1) is 15.5. The minimum absolute atomic E-state index is 0.115. The molecule has 0 aliphatic carbocycles. The topological polar surface area (TPSA) is 166 Å². The van der Waals surface area contributed by atoms with Crippen molar-refractivity contribution in [3.63, 3.8) is 0 Å². The number of ether oxygens (including phenoxy) is 1. The molecule has 0 unspecified atom stereocenters. The number of aromatic nitrogens is 2. The lowest BCUT2D eigenvalue weighted by Gasteiger charge is -2.20. The largest absolute Gasteiger partial charge is 0.505 e. The summed E-state index contributed by atoms with van der Waals surface area (Å²) in [7, 11) is -4.25. The van der Waals surface area contributed by atoms with Crippen LogP contribution in [0.2, 0.25) is 0 Å². The van der Waals surface area contributed by atoms with E-state index < -0.39 is 33.8 Å². The molecule has 1 aliphatic heterocycles. The maximum absolute atomic E-state index is 13.1. The molecule has 11 nitrogen and oxygen atoms in total. The Kier molecular flexibility index (Phi) is 7.06. The average Bonchev–Trinajstić information content (AvgIpc) is 2.73. The van der Waals surface area contributed by atoms with Crippen LogP contribution in [0, 0.1) is 5.92 Å². The highest BCUT2D eigenvalue weighted by Gasteiger charge is 2.30. The van der Waals surface area contributed by atoms with Crippen LogP contribution in [-0.2, 0) is 27.8 Å². The van der Waals surface area contributed by atoms with Gasteiger partial charge in [0.2, 0.25) is 0 Å². The van der Waals surface area contributed by atoms with Crippen molar-refractivity contribution in [2.45, 2.75) is 51.5 Å². The smallest absolute Gasteiger partial charge is 0.286 e. The Balaban J connectivity index is 2.09. The minimum Gasteiger partial charge on any atom is -0.505 e. The Bertz CT molecular complexity index is 1270.